The van der Waals surface area contributed by atoms with E-state index in [1.165, 1.54) is 27.7 Å². The highest BCUT2D eigenvalue weighted by molar-refractivity contribution is 7.14. The van der Waals surface area contributed by atoms with Gasteiger partial charge in [0.2, 0.25) is 0 Å². The molecule has 4 nitrogen and oxygen atoms in total. The number of anilines is 1. The maximum Gasteiger partial charge on any atom is 0.183 e. The first-order valence-corrected chi connectivity index (χ1v) is 10.6. The number of benzene rings is 2. The molecular formula is C23H25N3OS. The number of ether oxygens (including phenoxy) is 1. The molecule has 1 N–H and O–H groups in total. The average Bonchev–Trinajstić information content (AvgIpc) is 3.26. The van der Waals surface area contributed by atoms with Gasteiger partial charge in [-0.3, -0.25) is 0 Å². The van der Waals surface area contributed by atoms with Crippen molar-refractivity contribution in [3.63, 3.8) is 0 Å². The minimum Gasteiger partial charge on any atom is -0.494 e. The Bertz CT molecular complexity index is 1080. The van der Waals surface area contributed by atoms with Crippen LogP contribution in [0.25, 0.3) is 22.2 Å². The normalized spacial score (nSPS) is 11.1. The second-order valence-electron chi connectivity index (χ2n) is 6.71. The molecule has 0 bridgehead atoms. The van der Waals surface area contributed by atoms with Gasteiger partial charge in [0.15, 0.2) is 5.13 Å². The van der Waals surface area contributed by atoms with Crippen LogP contribution >= 0.6 is 11.3 Å². The largest absolute Gasteiger partial charge is 0.494 e. The van der Waals surface area contributed by atoms with Crippen molar-refractivity contribution >= 4 is 27.4 Å². The Morgan fingerprint density at radius 1 is 1.11 bits per heavy atom. The second kappa shape index (κ2) is 8.07. The van der Waals surface area contributed by atoms with Crippen LogP contribution in [0.5, 0.6) is 5.75 Å². The van der Waals surface area contributed by atoms with Gasteiger partial charge in [0.05, 0.1) is 12.3 Å². The van der Waals surface area contributed by atoms with Gasteiger partial charge < -0.3 is 14.6 Å². The van der Waals surface area contributed by atoms with Gasteiger partial charge >= 0.3 is 0 Å². The van der Waals surface area contributed by atoms with E-state index in [1.54, 1.807) is 11.3 Å². The molecule has 0 saturated carbocycles. The third kappa shape index (κ3) is 3.50. The molecule has 4 rings (SSSR count). The number of aromatic nitrogens is 2. The van der Waals surface area contributed by atoms with Crippen LogP contribution in [-0.4, -0.2) is 22.7 Å². The van der Waals surface area contributed by atoms with Gasteiger partial charge in [0, 0.05) is 40.6 Å². The summed E-state index contributed by atoms with van der Waals surface area (Å²) in [5.41, 5.74) is 5.92. The molecule has 2 aromatic carbocycles. The van der Waals surface area contributed by atoms with Crippen molar-refractivity contribution in [1.29, 1.82) is 0 Å². The zero-order valence-corrected chi connectivity index (χ0v) is 17.3. The standard InChI is InChI=1S/C23H25N3OS/c1-4-24-23-25-20(15-28-23)22-16(3)26(14-17-9-7-6-8-10-17)21-12-11-18(27-5-2)13-19(21)22/h6-13,15H,4-5,14H2,1-3H3,(H,24,25). The lowest BCUT2D eigenvalue weighted by atomic mass is 10.1. The molecule has 4 aromatic rings. The van der Waals surface area contributed by atoms with Crippen LogP contribution < -0.4 is 10.1 Å². The molecule has 0 spiro atoms. The monoisotopic (exact) mass is 391 g/mol. The first-order valence-electron chi connectivity index (χ1n) is 9.70. The molecule has 0 aliphatic carbocycles. The quantitative estimate of drug-likeness (QED) is 0.423. The molecule has 28 heavy (non-hydrogen) atoms. The summed E-state index contributed by atoms with van der Waals surface area (Å²) in [4.78, 5) is 4.83. The van der Waals surface area contributed by atoms with Gasteiger partial charge in [-0.05, 0) is 44.5 Å². The van der Waals surface area contributed by atoms with E-state index in [1.807, 2.05) is 6.92 Å². The predicted octanol–water partition coefficient (Wildman–Crippen LogP) is 5.95. The third-order valence-corrected chi connectivity index (χ3v) is 5.68. The van der Waals surface area contributed by atoms with Crippen LogP contribution in [0.3, 0.4) is 0 Å². The number of hydrogen-bond acceptors (Lipinski definition) is 4. The van der Waals surface area contributed by atoms with Crippen molar-refractivity contribution in [2.75, 3.05) is 18.5 Å². The summed E-state index contributed by atoms with van der Waals surface area (Å²) in [7, 11) is 0. The number of nitrogens with one attached hydrogen (secondary N) is 1. The van der Waals surface area contributed by atoms with Crippen molar-refractivity contribution < 1.29 is 4.74 Å². The van der Waals surface area contributed by atoms with Gasteiger partial charge in [-0.25, -0.2) is 4.98 Å². The number of hydrogen-bond donors (Lipinski definition) is 1. The fourth-order valence-electron chi connectivity index (χ4n) is 3.63. The lowest BCUT2D eigenvalue weighted by Crippen LogP contribution is -2.01. The number of rotatable bonds is 7. The third-order valence-electron chi connectivity index (χ3n) is 4.88. The zero-order chi connectivity index (χ0) is 19.5. The molecule has 0 fully saturated rings. The highest BCUT2D eigenvalue weighted by Gasteiger charge is 2.19. The van der Waals surface area contributed by atoms with Crippen molar-refractivity contribution in [3.05, 3.63) is 65.2 Å². The topological polar surface area (TPSA) is 39.1 Å². The van der Waals surface area contributed by atoms with E-state index in [-0.39, 0.29) is 0 Å². The first-order chi connectivity index (χ1) is 13.7. The van der Waals surface area contributed by atoms with Gasteiger partial charge in [0.25, 0.3) is 0 Å². The summed E-state index contributed by atoms with van der Waals surface area (Å²) >= 11 is 1.65. The SMILES string of the molecule is CCNc1nc(-c2c(C)n(Cc3ccccc3)c3ccc(OCC)cc23)cs1. The summed E-state index contributed by atoms with van der Waals surface area (Å²) in [5, 5.41) is 7.61. The fraction of sp³-hybridized carbons (Fsp3) is 0.261. The van der Waals surface area contributed by atoms with E-state index >= 15 is 0 Å². The molecule has 2 heterocycles. The van der Waals surface area contributed by atoms with Crippen LogP contribution in [-0.2, 0) is 6.54 Å². The Morgan fingerprint density at radius 2 is 1.93 bits per heavy atom. The molecule has 144 valence electrons. The van der Waals surface area contributed by atoms with Crippen LogP contribution in [0.1, 0.15) is 25.1 Å². The molecule has 5 heteroatoms. The van der Waals surface area contributed by atoms with Crippen molar-refractivity contribution in [1.82, 2.24) is 9.55 Å². The van der Waals surface area contributed by atoms with Crippen molar-refractivity contribution in [2.24, 2.45) is 0 Å². The van der Waals surface area contributed by atoms with Gasteiger partial charge in [-0.1, -0.05) is 30.3 Å². The van der Waals surface area contributed by atoms with E-state index in [0.717, 1.165) is 29.7 Å². The Hall–Kier alpha value is -2.79. The highest BCUT2D eigenvalue weighted by Crippen LogP contribution is 2.38. The second-order valence-corrected chi connectivity index (χ2v) is 7.57. The van der Waals surface area contributed by atoms with Crippen LogP contribution in [0.2, 0.25) is 0 Å². The van der Waals surface area contributed by atoms with Crippen LogP contribution in [0, 0.1) is 6.92 Å². The highest BCUT2D eigenvalue weighted by atomic mass is 32.1. The Kier molecular flexibility index (Phi) is 5.35. The summed E-state index contributed by atoms with van der Waals surface area (Å²) < 4.78 is 8.15. The fourth-order valence-corrected chi connectivity index (χ4v) is 4.40. The number of nitrogens with zero attached hydrogens (tertiary/aromatic N) is 2. The lowest BCUT2D eigenvalue weighted by molar-refractivity contribution is 0.340. The predicted molar refractivity (Wildman–Crippen MR) is 119 cm³/mol. The Morgan fingerprint density at radius 3 is 2.68 bits per heavy atom. The van der Waals surface area contributed by atoms with Crippen molar-refractivity contribution in [2.45, 2.75) is 27.3 Å². The summed E-state index contributed by atoms with van der Waals surface area (Å²) in [6.45, 7) is 8.65. The molecule has 0 saturated heterocycles. The lowest BCUT2D eigenvalue weighted by Gasteiger charge is -2.09. The van der Waals surface area contributed by atoms with Crippen LogP contribution in [0.15, 0.2) is 53.9 Å². The molecular weight excluding hydrogens is 366 g/mol. The first kappa shape index (κ1) is 18.6. The molecule has 2 aromatic heterocycles. The maximum absolute atomic E-state index is 5.78. The number of thiazole rings is 1. The van der Waals surface area contributed by atoms with E-state index in [2.05, 4.69) is 77.6 Å². The Labute approximate surface area is 169 Å². The smallest absolute Gasteiger partial charge is 0.183 e. The molecule has 0 amide bonds. The van der Waals surface area contributed by atoms with Crippen LogP contribution in [0.4, 0.5) is 5.13 Å². The van der Waals surface area contributed by atoms with Crippen molar-refractivity contribution in [3.8, 4) is 17.0 Å². The molecule has 0 radical (unpaired) electrons. The maximum atomic E-state index is 5.78. The minimum absolute atomic E-state index is 0.659. The van der Waals surface area contributed by atoms with E-state index in [0.29, 0.717) is 6.61 Å². The molecule has 0 atom stereocenters. The summed E-state index contributed by atoms with van der Waals surface area (Å²) in [6.07, 6.45) is 0. The summed E-state index contributed by atoms with van der Waals surface area (Å²) in [5.74, 6) is 0.898. The Balaban J connectivity index is 1.88. The molecule has 0 aliphatic heterocycles. The van der Waals surface area contributed by atoms with E-state index < -0.39 is 0 Å². The minimum atomic E-state index is 0.659. The number of fused-ring (bicyclic) bond motifs is 1. The zero-order valence-electron chi connectivity index (χ0n) is 16.5. The summed E-state index contributed by atoms with van der Waals surface area (Å²) in [6, 6.07) is 17.0. The average molecular weight is 392 g/mol. The molecule has 0 aliphatic rings. The van der Waals surface area contributed by atoms with Gasteiger partial charge in [0.1, 0.15) is 5.75 Å². The van der Waals surface area contributed by atoms with E-state index in [9.17, 15) is 0 Å². The molecule has 0 unspecified atom stereocenters. The van der Waals surface area contributed by atoms with Gasteiger partial charge in [-0.2, -0.15) is 0 Å². The van der Waals surface area contributed by atoms with E-state index in [4.69, 9.17) is 9.72 Å². The van der Waals surface area contributed by atoms with Gasteiger partial charge in [-0.15, -0.1) is 11.3 Å².